The van der Waals surface area contributed by atoms with Crippen LogP contribution in [0.5, 0.6) is 0 Å². The van der Waals surface area contributed by atoms with Crippen molar-refractivity contribution in [3.8, 4) is 6.07 Å². The first-order chi connectivity index (χ1) is 15.5. The lowest BCUT2D eigenvalue weighted by Gasteiger charge is -2.14. The summed E-state index contributed by atoms with van der Waals surface area (Å²) in [5.41, 5.74) is -1.87. The number of aromatic amines is 1. The van der Waals surface area contributed by atoms with Gasteiger partial charge in [-0.3, -0.25) is 14.4 Å². The predicted molar refractivity (Wildman–Crippen MR) is 115 cm³/mol. The van der Waals surface area contributed by atoms with Gasteiger partial charge in [0, 0.05) is 16.3 Å². The van der Waals surface area contributed by atoms with Crippen LogP contribution in [0.1, 0.15) is 34.5 Å². The molecular weight excluding hydrogens is 412 g/mol. The number of carbonyl (C=O) groups is 2. The van der Waals surface area contributed by atoms with Crippen LogP contribution in [0.4, 0.5) is 0 Å². The molecule has 0 aliphatic rings. The molecule has 0 aliphatic heterocycles. The normalized spacial score (nSPS) is 11.8. The fourth-order valence-electron chi connectivity index (χ4n) is 3.64. The number of benzene rings is 2. The number of hydrogen-bond acceptors (Lipinski definition) is 7. The third-order valence-electron chi connectivity index (χ3n) is 5.01. The van der Waals surface area contributed by atoms with Gasteiger partial charge in [0.25, 0.3) is 5.56 Å². The predicted octanol–water partition coefficient (Wildman–Crippen LogP) is 3.04. The number of rotatable bonds is 5. The van der Waals surface area contributed by atoms with Crippen LogP contribution in [0.15, 0.2) is 68.6 Å². The Morgan fingerprint density at radius 1 is 1.06 bits per heavy atom. The van der Waals surface area contributed by atoms with Crippen molar-refractivity contribution in [3.63, 3.8) is 0 Å². The van der Waals surface area contributed by atoms with Crippen molar-refractivity contribution in [1.29, 1.82) is 5.26 Å². The minimum Gasteiger partial charge on any atom is -0.465 e. The standard InChI is InChI=1S/C24H16N2O6/c1-2-31-23(29)15(12-25)20-18-17(14-10-6-7-11-16(14)32-24(18)30)19(22(28)26-20)21(27)13-8-4-3-5-9-13/h3-11,15H,2H2,1H3,(H,26,28). The maximum atomic E-state index is 13.3. The Hall–Kier alpha value is -4.51. The van der Waals surface area contributed by atoms with Gasteiger partial charge in [-0.1, -0.05) is 48.5 Å². The van der Waals surface area contributed by atoms with Gasteiger partial charge in [-0.2, -0.15) is 5.26 Å². The van der Waals surface area contributed by atoms with E-state index in [1.807, 2.05) is 0 Å². The summed E-state index contributed by atoms with van der Waals surface area (Å²) in [4.78, 5) is 54.2. The maximum Gasteiger partial charge on any atom is 0.346 e. The Morgan fingerprint density at radius 3 is 2.44 bits per heavy atom. The van der Waals surface area contributed by atoms with Crippen molar-refractivity contribution >= 4 is 33.5 Å². The van der Waals surface area contributed by atoms with Crippen molar-refractivity contribution in [3.05, 3.63) is 92.2 Å². The summed E-state index contributed by atoms with van der Waals surface area (Å²) in [6, 6.07) is 16.3. The molecule has 0 spiro atoms. The fourth-order valence-corrected chi connectivity index (χ4v) is 3.64. The average molecular weight is 428 g/mol. The van der Waals surface area contributed by atoms with E-state index in [0.29, 0.717) is 5.39 Å². The number of esters is 1. The number of nitrogens with zero attached hydrogens (tertiary/aromatic N) is 1. The lowest BCUT2D eigenvalue weighted by molar-refractivity contribution is -0.143. The first-order valence-electron chi connectivity index (χ1n) is 9.75. The number of hydrogen-bond donors (Lipinski definition) is 1. The van der Waals surface area contributed by atoms with E-state index >= 15 is 0 Å². The minimum absolute atomic E-state index is 0.00128. The summed E-state index contributed by atoms with van der Waals surface area (Å²) >= 11 is 0. The molecule has 0 saturated heterocycles. The van der Waals surface area contributed by atoms with Crippen molar-refractivity contribution in [2.24, 2.45) is 0 Å². The third kappa shape index (κ3) is 3.36. The summed E-state index contributed by atoms with van der Waals surface area (Å²) in [7, 11) is 0. The molecule has 2 aromatic carbocycles. The molecule has 0 amide bonds. The maximum absolute atomic E-state index is 13.3. The lowest BCUT2D eigenvalue weighted by Crippen LogP contribution is -2.26. The Balaban J connectivity index is 2.18. The van der Waals surface area contributed by atoms with E-state index in [9.17, 15) is 24.4 Å². The Morgan fingerprint density at radius 2 is 1.75 bits per heavy atom. The van der Waals surface area contributed by atoms with Crippen LogP contribution in [-0.4, -0.2) is 23.3 Å². The highest BCUT2D eigenvalue weighted by Gasteiger charge is 2.31. The van der Waals surface area contributed by atoms with E-state index in [-0.39, 0.29) is 39.8 Å². The number of carbonyl (C=O) groups excluding carboxylic acids is 2. The molecule has 8 nitrogen and oxygen atoms in total. The highest BCUT2D eigenvalue weighted by Crippen LogP contribution is 2.30. The van der Waals surface area contributed by atoms with Crippen LogP contribution >= 0.6 is 0 Å². The minimum atomic E-state index is -1.59. The molecule has 2 heterocycles. The number of nitrogens with one attached hydrogen (secondary N) is 1. The molecule has 0 bridgehead atoms. The van der Waals surface area contributed by atoms with E-state index in [1.54, 1.807) is 61.5 Å². The number of para-hydroxylation sites is 1. The fraction of sp³-hybridized carbons (Fsp3) is 0.125. The number of nitriles is 1. The van der Waals surface area contributed by atoms with Crippen LogP contribution in [-0.2, 0) is 9.53 Å². The molecule has 0 radical (unpaired) electrons. The molecule has 8 heteroatoms. The van der Waals surface area contributed by atoms with Gasteiger partial charge in [0.1, 0.15) is 5.58 Å². The average Bonchev–Trinajstić information content (AvgIpc) is 2.79. The molecule has 4 aromatic rings. The van der Waals surface area contributed by atoms with Crippen LogP contribution in [0.3, 0.4) is 0 Å². The highest BCUT2D eigenvalue weighted by atomic mass is 16.5. The van der Waals surface area contributed by atoms with Gasteiger partial charge in [-0.25, -0.2) is 4.79 Å². The number of ether oxygens (including phenoxy) is 1. The highest BCUT2D eigenvalue weighted by molar-refractivity contribution is 6.22. The summed E-state index contributed by atoms with van der Waals surface area (Å²) in [5, 5.41) is 9.75. The molecule has 158 valence electrons. The zero-order valence-corrected chi connectivity index (χ0v) is 16.9. The van der Waals surface area contributed by atoms with Crippen LogP contribution < -0.4 is 11.2 Å². The molecule has 0 saturated carbocycles. The number of aromatic nitrogens is 1. The van der Waals surface area contributed by atoms with Gasteiger partial charge >= 0.3 is 11.6 Å². The van der Waals surface area contributed by atoms with Crippen LogP contribution in [0, 0.1) is 11.3 Å². The van der Waals surface area contributed by atoms with Crippen LogP contribution in [0.2, 0.25) is 0 Å². The van der Waals surface area contributed by atoms with Gasteiger partial charge in [-0.05, 0) is 13.0 Å². The summed E-state index contributed by atoms with van der Waals surface area (Å²) in [6.07, 6.45) is 0. The van der Waals surface area contributed by atoms with E-state index in [0.717, 1.165) is 0 Å². The molecule has 0 aliphatic carbocycles. The second kappa shape index (κ2) is 8.32. The number of fused-ring (bicyclic) bond motifs is 3. The van der Waals surface area contributed by atoms with Crippen molar-refractivity contribution in [1.82, 2.24) is 4.98 Å². The quantitative estimate of drug-likeness (QED) is 0.224. The van der Waals surface area contributed by atoms with Gasteiger partial charge in [0.05, 0.1) is 29.3 Å². The van der Waals surface area contributed by atoms with Crippen molar-refractivity contribution < 1.29 is 18.7 Å². The molecule has 1 unspecified atom stereocenters. The van der Waals surface area contributed by atoms with Gasteiger partial charge in [0.2, 0.25) is 0 Å². The second-order valence-corrected chi connectivity index (χ2v) is 6.89. The number of ketones is 1. The lowest BCUT2D eigenvalue weighted by atomic mass is 9.93. The van der Waals surface area contributed by atoms with E-state index in [2.05, 4.69) is 4.98 Å². The van der Waals surface area contributed by atoms with Gasteiger partial charge in [-0.15, -0.1) is 0 Å². The Kier molecular flexibility index (Phi) is 5.39. The first kappa shape index (κ1) is 20.8. The molecule has 32 heavy (non-hydrogen) atoms. The monoisotopic (exact) mass is 428 g/mol. The summed E-state index contributed by atoms with van der Waals surface area (Å²) in [6.45, 7) is 1.57. The van der Waals surface area contributed by atoms with Crippen molar-refractivity contribution in [2.75, 3.05) is 6.61 Å². The van der Waals surface area contributed by atoms with E-state index in [4.69, 9.17) is 9.15 Å². The molecule has 1 atom stereocenters. The SMILES string of the molecule is CCOC(=O)C(C#N)c1[nH]c(=O)c(C(=O)c2ccccc2)c2c1c(=O)oc1ccccc12. The smallest absolute Gasteiger partial charge is 0.346 e. The van der Waals surface area contributed by atoms with E-state index in [1.165, 1.54) is 6.07 Å². The largest absolute Gasteiger partial charge is 0.465 e. The Bertz CT molecular complexity index is 1530. The summed E-state index contributed by atoms with van der Waals surface area (Å²) < 4.78 is 10.3. The molecule has 0 fully saturated rings. The molecular formula is C24H16N2O6. The topological polar surface area (TPSA) is 130 Å². The zero-order valence-electron chi connectivity index (χ0n) is 16.9. The summed E-state index contributed by atoms with van der Waals surface area (Å²) in [5.74, 6) is -3.12. The van der Waals surface area contributed by atoms with Gasteiger partial charge in [0.15, 0.2) is 11.7 Å². The first-order valence-corrected chi connectivity index (χ1v) is 9.75. The number of H-pyrrole nitrogens is 1. The van der Waals surface area contributed by atoms with E-state index < -0.39 is 28.9 Å². The van der Waals surface area contributed by atoms with Crippen LogP contribution in [0.25, 0.3) is 21.7 Å². The second-order valence-electron chi connectivity index (χ2n) is 6.89. The Labute approximate surface area is 180 Å². The zero-order chi connectivity index (χ0) is 22.8. The van der Waals surface area contributed by atoms with Gasteiger partial charge < -0.3 is 14.1 Å². The molecule has 4 rings (SSSR count). The molecule has 2 aromatic heterocycles. The third-order valence-corrected chi connectivity index (χ3v) is 5.01. The molecule has 1 N–H and O–H groups in total. The van der Waals surface area contributed by atoms with Crippen molar-refractivity contribution in [2.45, 2.75) is 12.8 Å². The number of pyridine rings is 1.